The summed E-state index contributed by atoms with van der Waals surface area (Å²) in [6.45, 7) is 5.54. The summed E-state index contributed by atoms with van der Waals surface area (Å²) in [5.74, 6) is -0.373. The van der Waals surface area contributed by atoms with Crippen LogP contribution in [0, 0.1) is 0 Å². The highest BCUT2D eigenvalue weighted by Gasteiger charge is 2.23. The van der Waals surface area contributed by atoms with Crippen LogP contribution in [0.15, 0.2) is 35.8 Å². The molecule has 1 aromatic carbocycles. The lowest BCUT2D eigenvalue weighted by Crippen LogP contribution is -2.24. The minimum absolute atomic E-state index is 0.373. The van der Waals surface area contributed by atoms with Crippen molar-refractivity contribution in [1.29, 1.82) is 0 Å². The molecule has 3 nitrogen and oxygen atoms in total. The van der Waals surface area contributed by atoms with Gasteiger partial charge >= 0.3 is 5.97 Å². The number of hydrogen-bond acceptors (Lipinski definition) is 4. The van der Waals surface area contributed by atoms with E-state index < -0.39 is 5.60 Å². The smallest absolute Gasteiger partial charge is 0.358 e. The van der Waals surface area contributed by atoms with Crippen molar-refractivity contribution in [2.24, 2.45) is 0 Å². The van der Waals surface area contributed by atoms with E-state index >= 15 is 0 Å². The van der Waals surface area contributed by atoms with Gasteiger partial charge in [0.15, 0.2) is 5.69 Å². The summed E-state index contributed by atoms with van der Waals surface area (Å²) in [6, 6.07) is 9.74. The lowest BCUT2D eigenvalue weighted by molar-refractivity contribution is 0.00646. The number of carbonyl (C=O) groups is 1. The van der Waals surface area contributed by atoms with E-state index in [-0.39, 0.29) is 5.97 Å². The second kappa shape index (κ2) is 4.90. The normalized spacial score (nSPS) is 11.3. The third kappa shape index (κ3) is 2.96. The molecule has 0 saturated carbocycles. The van der Waals surface area contributed by atoms with Crippen molar-refractivity contribution < 1.29 is 9.53 Å². The van der Waals surface area contributed by atoms with E-state index in [9.17, 15) is 4.79 Å². The van der Waals surface area contributed by atoms with E-state index in [1.165, 1.54) is 11.3 Å². The first-order chi connectivity index (χ1) is 8.47. The maximum absolute atomic E-state index is 12.0. The van der Waals surface area contributed by atoms with E-state index in [0.717, 1.165) is 10.4 Å². The molecule has 1 heterocycles. The van der Waals surface area contributed by atoms with E-state index in [2.05, 4.69) is 4.98 Å². The number of benzene rings is 1. The molecular formula is C14H15NO2S. The summed E-state index contributed by atoms with van der Waals surface area (Å²) in [4.78, 5) is 17.0. The van der Waals surface area contributed by atoms with E-state index in [1.807, 2.05) is 51.1 Å². The fraction of sp³-hybridized carbons (Fsp3) is 0.286. The predicted octanol–water partition coefficient (Wildman–Crippen LogP) is 3.77. The fourth-order valence-electron chi connectivity index (χ4n) is 1.51. The Morgan fingerprint density at radius 1 is 1.22 bits per heavy atom. The van der Waals surface area contributed by atoms with Gasteiger partial charge in [0.1, 0.15) is 5.60 Å². The molecule has 0 bridgehead atoms. The first-order valence-corrected chi connectivity index (χ1v) is 6.57. The first-order valence-electron chi connectivity index (χ1n) is 5.69. The standard InChI is InChI=1S/C14H15NO2S/c1-14(2,3)17-13(16)11-12(18-9-15-11)10-7-5-4-6-8-10/h4-9H,1-3H3. The average molecular weight is 261 g/mol. The van der Waals surface area contributed by atoms with Crippen LogP contribution < -0.4 is 0 Å². The average Bonchev–Trinajstić information content (AvgIpc) is 2.76. The predicted molar refractivity (Wildman–Crippen MR) is 72.7 cm³/mol. The van der Waals surface area contributed by atoms with Gasteiger partial charge in [0, 0.05) is 0 Å². The molecule has 2 rings (SSSR count). The number of thiazole rings is 1. The van der Waals surface area contributed by atoms with E-state index in [4.69, 9.17) is 4.74 Å². The van der Waals surface area contributed by atoms with Crippen molar-refractivity contribution in [2.75, 3.05) is 0 Å². The van der Waals surface area contributed by atoms with Crippen LogP contribution in [-0.2, 0) is 4.74 Å². The first kappa shape index (κ1) is 12.8. The van der Waals surface area contributed by atoms with Crippen LogP contribution in [0.2, 0.25) is 0 Å². The van der Waals surface area contributed by atoms with Crippen LogP contribution in [0.4, 0.5) is 0 Å². The van der Waals surface area contributed by atoms with Gasteiger partial charge in [-0.1, -0.05) is 30.3 Å². The van der Waals surface area contributed by atoms with Crippen molar-refractivity contribution >= 4 is 17.3 Å². The third-order valence-electron chi connectivity index (χ3n) is 2.20. The Labute approximate surface area is 110 Å². The molecule has 0 fully saturated rings. The molecule has 0 spiro atoms. The van der Waals surface area contributed by atoms with Crippen LogP contribution in [-0.4, -0.2) is 16.6 Å². The van der Waals surface area contributed by atoms with Crippen molar-refractivity contribution in [3.05, 3.63) is 41.5 Å². The Morgan fingerprint density at radius 2 is 1.89 bits per heavy atom. The summed E-state index contributed by atoms with van der Waals surface area (Å²) in [6.07, 6.45) is 0. The molecule has 1 aromatic heterocycles. The van der Waals surface area contributed by atoms with Gasteiger partial charge in [-0.2, -0.15) is 0 Å². The molecule has 0 amide bonds. The maximum Gasteiger partial charge on any atom is 0.358 e. The molecule has 0 saturated heterocycles. The molecule has 18 heavy (non-hydrogen) atoms. The number of hydrogen-bond donors (Lipinski definition) is 0. The Kier molecular flexibility index (Phi) is 3.48. The minimum Gasteiger partial charge on any atom is -0.455 e. The number of nitrogens with zero attached hydrogens (tertiary/aromatic N) is 1. The monoisotopic (exact) mass is 261 g/mol. The zero-order valence-electron chi connectivity index (χ0n) is 10.6. The molecular weight excluding hydrogens is 246 g/mol. The summed E-state index contributed by atoms with van der Waals surface area (Å²) in [7, 11) is 0. The molecule has 0 radical (unpaired) electrons. The van der Waals surface area contributed by atoms with Crippen LogP contribution in [0.5, 0.6) is 0 Å². The summed E-state index contributed by atoms with van der Waals surface area (Å²) in [5, 5.41) is 0. The molecule has 0 aliphatic rings. The number of rotatable bonds is 2. The molecule has 0 unspecified atom stereocenters. The van der Waals surface area contributed by atoms with E-state index in [1.54, 1.807) is 5.51 Å². The number of aromatic nitrogens is 1. The molecule has 2 aromatic rings. The third-order valence-corrected chi connectivity index (χ3v) is 3.07. The number of carbonyl (C=O) groups excluding carboxylic acids is 1. The summed E-state index contributed by atoms with van der Waals surface area (Å²) >= 11 is 1.45. The summed E-state index contributed by atoms with van der Waals surface area (Å²) in [5.41, 5.74) is 2.54. The Morgan fingerprint density at radius 3 is 2.50 bits per heavy atom. The van der Waals surface area contributed by atoms with Gasteiger partial charge in [0.05, 0.1) is 10.4 Å². The highest BCUT2D eigenvalue weighted by molar-refractivity contribution is 7.13. The lowest BCUT2D eigenvalue weighted by Gasteiger charge is -2.19. The second-order valence-corrected chi connectivity index (χ2v) is 5.75. The Balaban J connectivity index is 2.32. The van der Waals surface area contributed by atoms with Crippen LogP contribution in [0.1, 0.15) is 31.3 Å². The van der Waals surface area contributed by atoms with Gasteiger partial charge in [-0.05, 0) is 26.3 Å². The van der Waals surface area contributed by atoms with Crippen molar-refractivity contribution in [3.63, 3.8) is 0 Å². The molecule has 0 atom stereocenters. The molecule has 0 aliphatic carbocycles. The Bertz CT molecular complexity index is 540. The number of ether oxygens (including phenoxy) is 1. The highest BCUT2D eigenvalue weighted by atomic mass is 32.1. The van der Waals surface area contributed by atoms with Gasteiger partial charge < -0.3 is 4.74 Å². The summed E-state index contributed by atoms with van der Waals surface area (Å²) < 4.78 is 5.35. The van der Waals surface area contributed by atoms with Crippen LogP contribution in [0.3, 0.4) is 0 Å². The van der Waals surface area contributed by atoms with Crippen LogP contribution in [0.25, 0.3) is 10.4 Å². The number of esters is 1. The molecule has 0 aliphatic heterocycles. The van der Waals surface area contributed by atoms with Gasteiger partial charge in [0.25, 0.3) is 0 Å². The second-order valence-electron chi connectivity index (χ2n) is 4.90. The quantitative estimate of drug-likeness (QED) is 0.772. The molecule has 94 valence electrons. The van der Waals surface area contributed by atoms with E-state index in [0.29, 0.717) is 5.69 Å². The Hall–Kier alpha value is -1.68. The fourth-order valence-corrected chi connectivity index (χ4v) is 2.30. The zero-order valence-corrected chi connectivity index (χ0v) is 11.5. The van der Waals surface area contributed by atoms with Crippen LogP contribution >= 0.6 is 11.3 Å². The zero-order chi connectivity index (χ0) is 13.2. The molecule has 0 N–H and O–H groups in total. The van der Waals surface area contributed by atoms with Gasteiger partial charge in [-0.15, -0.1) is 11.3 Å². The highest BCUT2D eigenvalue weighted by Crippen LogP contribution is 2.28. The van der Waals surface area contributed by atoms with Crippen molar-refractivity contribution in [3.8, 4) is 10.4 Å². The topological polar surface area (TPSA) is 39.2 Å². The SMILES string of the molecule is CC(C)(C)OC(=O)c1ncsc1-c1ccccc1. The van der Waals surface area contributed by atoms with Crippen molar-refractivity contribution in [1.82, 2.24) is 4.98 Å². The van der Waals surface area contributed by atoms with Gasteiger partial charge in [-0.25, -0.2) is 9.78 Å². The van der Waals surface area contributed by atoms with Crippen molar-refractivity contribution in [2.45, 2.75) is 26.4 Å². The lowest BCUT2D eigenvalue weighted by atomic mass is 10.1. The molecule has 4 heteroatoms. The van der Waals surface area contributed by atoms with Gasteiger partial charge in [-0.3, -0.25) is 0 Å². The maximum atomic E-state index is 12.0. The minimum atomic E-state index is -0.505. The van der Waals surface area contributed by atoms with Gasteiger partial charge in [0.2, 0.25) is 0 Å². The largest absolute Gasteiger partial charge is 0.455 e.